The second-order valence-corrected chi connectivity index (χ2v) is 12.4. The summed E-state index contributed by atoms with van der Waals surface area (Å²) in [6, 6.07) is 2.06. The van der Waals surface area contributed by atoms with Crippen LogP contribution in [-0.4, -0.2) is 72.2 Å². The zero-order valence-electron chi connectivity index (χ0n) is 16.2. The summed E-state index contributed by atoms with van der Waals surface area (Å²) in [4.78, 5) is 51.9. The van der Waals surface area contributed by atoms with E-state index in [-0.39, 0.29) is 5.82 Å². The van der Waals surface area contributed by atoms with E-state index >= 15 is 0 Å². The number of hydrogen-bond acceptors (Lipinski definition) is 8. The molecular formula is C16H25N5O6P2S. The number of fused-ring (bicyclic) bond motifs is 1. The van der Waals surface area contributed by atoms with Crippen LogP contribution in [-0.2, 0) is 9.13 Å². The van der Waals surface area contributed by atoms with Gasteiger partial charge in [0.15, 0.2) is 0 Å². The van der Waals surface area contributed by atoms with Gasteiger partial charge in [-0.3, -0.25) is 14.0 Å². The molecule has 2 saturated heterocycles. The highest BCUT2D eigenvalue weighted by Gasteiger charge is 2.44. The van der Waals surface area contributed by atoms with E-state index in [4.69, 9.17) is 0 Å². The summed E-state index contributed by atoms with van der Waals surface area (Å²) < 4.78 is 23.4. The molecule has 0 radical (unpaired) electrons. The first-order valence-corrected chi connectivity index (χ1v) is 14.0. The van der Waals surface area contributed by atoms with Gasteiger partial charge in [-0.25, -0.2) is 4.98 Å². The summed E-state index contributed by atoms with van der Waals surface area (Å²) in [6.07, 6.45) is 4.64. The van der Waals surface area contributed by atoms with Crippen molar-refractivity contribution in [2.75, 3.05) is 36.4 Å². The van der Waals surface area contributed by atoms with Crippen molar-refractivity contribution in [2.24, 2.45) is 0 Å². The van der Waals surface area contributed by atoms with Crippen LogP contribution in [0.15, 0.2) is 11.4 Å². The topological polar surface area (TPSA) is 159 Å². The number of nitrogens with one attached hydrogen (secondary N) is 1. The molecule has 14 heteroatoms. The first kappa shape index (κ1) is 22.1. The fourth-order valence-electron chi connectivity index (χ4n) is 4.09. The van der Waals surface area contributed by atoms with Gasteiger partial charge < -0.3 is 29.8 Å². The lowest BCUT2D eigenvalue weighted by atomic mass is 10.1. The van der Waals surface area contributed by atoms with Crippen molar-refractivity contribution in [2.45, 2.75) is 37.2 Å². The summed E-state index contributed by atoms with van der Waals surface area (Å²) in [7, 11) is -10.3. The van der Waals surface area contributed by atoms with E-state index in [1.807, 2.05) is 4.90 Å². The largest absolute Gasteiger partial charge is 0.360 e. The molecular weight excluding hydrogens is 452 g/mol. The number of anilines is 2. The highest BCUT2D eigenvalue weighted by molar-refractivity contribution is 7.71. The Labute approximate surface area is 177 Å². The van der Waals surface area contributed by atoms with Crippen molar-refractivity contribution in [3.05, 3.63) is 11.4 Å². The van der Waals surface area contributed by atoms with Crippen LogP contribution < -0.4 is 10.2 Å². The Balaban J connectivity index is 1.62. The predicted octanol–water partition coefficient (Wildman–Crippen LogP) is 1.81. The molecule has 4 rings (SSSR count). The summed E-state index contributed by atoms with van der Waals surface area (Å²) in [5.41, 5.74) is -2.37. The average Bonchev–Trinajstić information content (AvgIpc) is 3.34. The molecule has 5 N–H and O–H groups in total. The van der Waals surface area contributed by atoms with Gasteiger partial charge in [0.1, 0.15) is 10.6 Å². The lowest BCUT2D eigenvalue weighted by molar-refractivity contribution is 0.174. The molecule has 1 unspecified atom stereocenters. The van der Waals surface area contributed by atoms with E-state index in [1.54, 1.807) is 11.4 Å². The Morgan fingerprint density at radius 3 is 2.43 bits per heavy atom. The highest BCUT2D eigenvalue weighted by Crippen LogP contribution is 2.59. The van der Waals surface area contributed by atoms with Crippen LogP contribution in [0.25, 0.3) is 10.2 Å². The Morgan fingerprint density at radius 1 is 1.07 bits per heavy atom. The molecule has 0 aliphatic carbocycles. The maximum absolute atomic E-state index is 11.7. The SMILES string of the molecule is O=P(O)(O)C(Nc1nc(N2CCC(N3CCCCC3)C2)nc2sccc12)P(=O)(O)O. The fourth-order valence-corrected chi connectivity index (χ4v) is 6.99. The van der Waals surface area contributed by atoms with Gasteiger partial charge in [0.25, 0.3) is 0 Å². The summed E-state index contributed by atoms with van der Waals surface area (Å²) in [5.74, 6) is 0.399. The van der Waals surface area contributed by atoms with Crippen LogP contribution >= 0.6 is 26.5 Å². The third kappa shape index (κ3) is 4.71. The Kier molecular flexibility index (Phi) is 6.22. The molecule has 0 amide bonds. The zero-order chi connectivity index (χ0) is 21.5. The van der Waals surface area contributed by atoms with Gasteiger partial charge in [0.2, 0.25) is 11.5 Å². The number of likely N-dealkylation sites (tertiary alicyclic amines) is 1. The molecule has 0 saturated carbocycles. The number of rotatable bonds is 6. The standard InChI is InChI=1S/C16H25N5O6P2S/c22-28(23,24)16(29(25,26)27)18-13-12-5-9-30-14(12)19-15(17-13)21-8-4-11(10-21)20-6-2-1-3-7-20/h5,9,11,16H,1-4,6-8,10H2,(H,17,18,19)(H2,22,23,24)(H2,25,26,27). The highest BCUT2D eigenvalue weighted by atomic mass is 32.1. The minimum Gasteiger partial charge on any atom is -0.346 e. The molecule has 1 atom stereocenters. The molecule has 2 fully saturated rings. The smallest absolute Gasteiger partial charge is 0.346 e. The van der Waals surface area contributed by atoms with Crippen LogP contribution in [0.1, 0.15) is 25.7 Å². The van der Waals surface area contributed by atoms with E-state index in [0.717, 1.165) is 32.6 Å². The van der Waals surface area contributed by atoms with Crippen molar-refractivity contribution in [3.8, 4) is 0 Å². The van der Waals surface area contributed by atoms with Crippen LogP contribution in [0, 0.1) is 0 Å². The second-order valence-electron chi connectivity index (χ2n) is 7.69. The predicted molar refractivity (Wildman–Crippen MR) is 115 cm³/mol. The van der Waals surface area contributed by atoms with Crippen molar-refractivity contribution in [1.29, 1.82) is 0 Å². The minimum atomic E-state index is -5.14. The number of thiophene rings is 1. The molecule has 0 aromatic carbocycles. The van der Waals surface area contributed by atoms with E-state index in [0.29, 0.717) is 22.2 Å². The van der Waals surface area contributed by atoms with Gasteiger partial charge in [0.05, 0.1) is 5.39 Å². The van der Waals surface area contributed by atoms with Crippen molar-refractivity contribution < 1.29 is 28.7 Å². The van der Waals surface area contributed by atoms with Gasteiger partial charge in [-0.1, -0.05) is 6.42 Å². The molecule has 2 aromatic rings. The van der Waals surface area contributed by atoms with E-state index in [1.165, 1.54) is 30.6 Å². The molecule has 2 aromatic heterocycles. The monoisotopic (exact) mass is 477 g/mol. The summed E-state index contributed by atoms with van der Waals surface area (Å²) in [6.45, 7) is 3.67. The van der Waals surface area contributed by atoms with Crippen LogP contribution in [0.4, 0.5) is 11.8 Å². The number of aromatic nitrogens is 2. The average molecular weight is 477 g/mol. The number of hydrogen-bond donors (Lipinski definition) is 5. The quantitative estimate of drug-likeness (QED) is 0.386. The van der Waals surface area contributed by atoms with Gasteiger partial charge in [-0.15, -0.1) is 11.3 Å². The van der Waals surface area contributed by atoms with Gasteiger partial charge in [-0.05, 0) is 43.8 Å². The number of nitrogens with zero attached hydrogens (tertiary/aromatic N) is 4. The first-order chi connectivity index (χ1) is 14.1. The van der Waals surface area contributed by atoms with Gasteiger partial charge in [0, 0.05) is 19.1 Å². The molecule has 30 heavy (non-hydrogen) atoms. The van der Waals surface area contributed by atoms with E-state index in [2.05, 4.69) is 20.2 Å². The third-order valence-electron chi connectivity index (χ3n) is 5.57. The first-order valence-electron chi connectivity index (χ1n) is 9.74. The van der Waals surface area contributed by atoms with Crippen molar-refractivity contribution >= 4 is 48.5 Å². The van der Waals surface area contributed by atoms with Crippen LogP contribution in [0.5, 0.6) is 0 Å². The Bertz CT molecular complexity index is 981. The molecule has 4 heterocycles. The molecule has 0 bridgehead atoms. The molecule has 2 aliphatic heterocycles. The van der Waals surface area contributed by atoms with Gasteiger partial charge in [-0.2, -0.15) is 4.98 Å². The molecule has 11 nitrogen and oxygen atoms in total. The summed E-state index contributed by atoms with van der Waals surface area (Å²) >= 11 is 1.33. The maximum atomic E-state index is 11.7. The van der Waals surface area contributed by atoms with Gasteiger partial charge >= 0.3 is 15.2 Å². The van der Waals surface area contributed by atoms with Crippen molar-refractivity contribution in [1.82, 2.24) is 14.9 Å². The lowest BCUT2D eigenvalue weighted by Crippen LogP contribution is -2.41. The van der Waals surface area contributed by atoms with Crippen LogP contribution in [0.2, 0.25) is 0 Å². The lowest BCUT2D eigenvalue weighted by Gasteiger charge is -2.32. The normalized spacial score (nSPS) is 21.6. The molecule has 166 valence electrons. The third-order valence-corrected chi connectivity index (χ3v) is 9.71. The van der Waals surface area contributed by atoms with Crippen molar-refractivity contribution in [3.63, 3.8) is 0 Å². The van der Waals surface area contributed by atoms with E-state index < -0.39 is 20.7 Å². The number of piperidine rings is 1. The summed E-state index contributed by atoms with van der Waals surface area (Å²) in [5, 5.41) is 4.53. The minimum absolute atomic E-state index is 0.00863. The zero-order valence-corrected chi connectivity index (χ0v) is 18.8. The fraction of sp³-hybridized carbons (Fsp3) is 0.625. The second kappa shape index (κ2) is 8.44. The van der Waals surface area contributed by atoms with E-state index in [9.17, 15) is 28.7 Å². The molecule has 2 aliphatic rings. The Morgan fingerprint density at radius 2 is 1.77 bits per heavy atom. The maximum Gasteiger partial charge on any atom is 0.360 e. The Hall–Kier alpha value is -1.10. The molecule has 0 spiro atoms. The van der Waals surface area contributed by atoms with Crippen LogP contribution in [0.3, 0.4) is 0 Å².